The number of nitrogens with zero attached hydrogens (tertiary/aromatic N) is 2. The molecule has 0 radical (unpaired) electrons. The van der Waals surface area contributed by atoms with Crippen LogP contribution in [0.15, 0.2) is 36.7 Å². The Hall–Kier alpha value is -2.05. The number of esters is 1. The van der Waals surface area contributed by atoms with E-state index in [1.165, 1.54) is 0 Å². The summed E-state index contributed by atoms with van der Waals surface area (Å²) in [5.74, 6) is 0.501. The van der Waals surface area contributed by atoms with Gasteiger partial charge in [-0.2, -0.15) is 0 Å². The normalized spacial score (nSPS) is 12.2. The molecule has 6 heteroatoms. The summed E-state index contributed by atoms with van der Waals surface area (Å²) in [7, 11) is 0. The van der Waals surface area contributed by atoms with Crippen molar-refractivity contribution in [3.63, 3.8) is 0 Å². The van der Waals surface area contributed by atoms with Crippen molar-refractivity contribution in [2.24, 2.45) is 5.73 Å². The fourth-order valence-electron chi connectivity index (χ4n) is 2.15. The Balaban J connectivity index is 2.08. The number of nitrogens with two attached hydrogens (primary N) is 1. The van der Waals surface area contributed by atoms with Crippen LogP contribution < -0.4 is 5.73 Å². The molecule has 0 amide bonds. The molecule has 0 atom stereocenters. The average molecular weight is 345 g/mol. The van der Waals surface area contributed by atoms with Crippen molar-refractivity contribution in [3.8, 4) is 10.7 Å². The molecule has 2 N–H and O–H groups in total. The van der Waals surface area contributed by atoms with E-state index in [2.05, 4.69) is 9.97 Å². The smallest absolute Gasteiger partial charge is 0.306 e. The summed E-state index contributed by atoms with van der Waals surface area (Å²) < 4.78 is 5.36. The third kappa shape index (κ3) is 5.54. The average Bonchev–Trinajstić information content (AvgIpc) is 3.00. The quantitative estimate of drug-likeness (QED) is 0.808. The van der Waals surface area contributed by atoms with E-state index in [1.54, 1.807) is 29.8 Å². The van der Waals surface area contributed by atoms with Crippen LogP contribution in [-0.4, -0.2) is 28.1 Å². The van der Waals surface area contributed by atoms with Gasteiger partial charge in [0.2, 0.25) is 0 Å². The third-order valence-electron chi connectivity index (χ3n) is 3.09. The largest absolute Gasteiger partial charge is 0.460 e. The van der Waals surface area contributed by atoms with Crippen LogP contribution in [0.3, 0.4) is 0 Å². The Morgan fingerprint density at radius 3 is 2.58 bits per heavy atom. The third-order valence-corrected chi connectivity index (χ3v) is 4.25. The van der Waals surface area contributed by atoms with Gasteiger partial charge in [-0.25, -0.2) is 9.97 Å². The standard InChI is InChI=1S/C18H23N3O2S/c1-18(2,3)23-16(22)8-5-13(9-10-19)14-6-7-15(24-14)17-20-11-4-12-21-17/h4,6-7,9,11-12H,5,8,10,19H2,1-3H3/b13-9+. The van der Waals surface area contributed by atoms with E-state index in [1.807, 2.05) is 39.0 Å². The Kier molecular flexibility index (Phi) is 6.23. The Morgan fingerprint density at radius 2 is 1.96 bits per heavy atom. The van der Waals surface area contributed by atoms with Crippen LogP contribution in [0.5, 0.6) is 0 Å². The minimum Gasteiger partial charge on any atom is -0.460 e. The van der Waals surface area contributed by atoms with Crippen LogP contribution >= 0.6 is 11.3 Å². The number of hydrogen-bond donors (Lipinski definition) is 1. The molecular weight excluding hydrogens is 322 g/mol. The van der Waals surface area contributed by atoms with Crippen LogP contribution in [0.4, 0.5) is 0 Å². The van der Waals surface area contributed by atoms with Gasteiger partial charge in [0.1, 0.15) is 5.60 Å². The van der Waals surface area contributed by atoms with Crippen molar-refractivity contribution in [2.75, 3.05) is 6.54 Å². The number of ether oxygens (including phenoxy) is 1. The Bertz CT molecular complexity index is 703. The fourth-order valence-corrected chi connectivity index (χ4v) is 3.18. The molecule has 2 aromatic rings. The highest BCUT2D eigenvalue weighted by molar-refractivity contribution is 7.16. The maximum atomic E-state index is 11.9. The van der Waals surface area contributed by atoms with Gasteiger partial charge >= 0.3 is 5.97 Å². The highest BCUT2D eigenvalue weighted by Crippen LogP contribution is 2.32. The number of carbonyl (C=O) groups is 1. The molecule has 0 saturated heterocycles. The lowest BCUT2D eigenvalue weighted by molar-refractivity contribution is -0.154. The number of thiophene rings is 1. The number of carbonyl (C=O) groups excluding carboxylic acids is 1. The molecule has 0 fully saturated rings. The fraction of sp³-hybridized carbons (Fsp3) is 0.389. The Labute approximate surface area is 146 Å². The Morgan fingerprint density at radius 1 is 1.25 bits per heavy atom. The summed E-state index contributed by atoms with van der Waals surface area (Å²) in [5, 5.41) is 0. The molecule has 0 bridgehead atoms. The summed E-state index contributed by atoms with van der Waals surface area (Å²) in [4.78, 5) is 22.5. The van der Waals surface area contributed by atoms with E-state index in [9.17, 15) is 4.79 Å². The van der Waals surface area contributed by atoms with E-state index in [0.29, 0.717) is 25.2 Å². The van der Waals surface area contributed by atoms with Gasteiger partial charge in [0.15, 0.2) is 5.82 Å². The molecule has 0 aliphatic heterocycles. The predicted molar refractivity (Wildman–Crippen MR) is 97.5 cm³/mol. The second-order valence-corrected chi connectivity index (χ2v) is 7.37. The van der Waals surface area contributed by atoms with Crippen LogP contribution in [0.25, 0.3) is 16.3 Å². The van der Waals surface area contributed by atoms with E-state index in [0.717, 1.165) is 15.3 Å². The van der Waals surface area contributed by atoms with Crippen LogP contribution in [-0.2, 0) is 9.53 Å². The monoisotopic (exact) mass is 345 g/mol. The minimum absolute atomic E-state index is 0.200. The highest BCUT2D eigenvalue weighted by Gasteiger charge is 2.17. The lowest BCUT2D eigenvalue weighted by atomic mass is 10.1. The number of allylic oxidation sites excluding steroid dienone is 1. The SMILES string of the molecule is CC(C)(C)OC(=O)CC/C(=C\CN)c1ccc(-c2ncccn2)s1. The van der Waals surface area contributed by atoms with Crippen molar-refractivity contribution in [1.29, 1.82) is 0 Å². The first-order valence-corrected chi connectivity index (χ1v) is 8.69. The summed E-state index contributed by atoms with van der Waals surface area (Å²) >= 11 is 1.60. The van der Waals surface area contributed by atoms with E-state index in [-0.39, 0.29) is 5.97 Å². The molecular formula is C18H23N3O2S. The molecule has 0 spiro atoms. The van der Waals surface area contributed by atoms with Gasteiger partial charge in [0.05, 0.1) is 4.88 Å². The summed E-state index contributed by atoms with van der Waals surface area (Å²) in [6.45, 7) is 6.03. The molecule has 0 aliphatic carbocycles. The molecule has 2 aromatic heterocycles. The first-order chi connectivity index (χ1) is 11.4. The van der Waals surface area contributed by atoms with Gasteiger partial charge in [0, 0.05) is 30.2 Å². The number of hydrogen-bond acceptors (Lipinski definition) is 6. The van der Waals surface area contributed by atoms with Crippen molar-refractivity contribution >= 4 is 22.9 Å². The summed E-state index contributed by atoms with van der Waals surface area (Å²) in [6, 6.07) is 5.80. The number of aromatic nitrogens is 2. The second kappa shape index (κ2) is 8.17. The maximum absolute atomic E-state index is 11.9. The molecule has 128 valence electrons. The van der Waals surface area contributed by atoms with E-state index >= 15 is 0 Å². The molecule has 0 saturated carbocycles. The molecule has 5 nitrogen and oxygen atoms in total. The van der Waals surface area contributed by atoms with Crippen molar-refractivity contribution in [2.45, 2.75) is 39.2 Å². The molecule has 24 heavy (non-hydrogen) atoms. The second-order valence-electron chi connectivity index (χ2n) is 6.29. The van der Waals surface area contributed by atoms with Gasteiger partial charge in [-0.3, -0.25) is 4.79 Å². The minimum atomic E-state index is -0.463. The lowest BCUT2D eigenvalue weighted by Crippen LogP contribution is -2.23. The summed E-state index contributed by atoms with van der Waals surface area (Å²) in [6.07, 6.45) is 6.33. The zero-order valence-corrected chi connectivity index (χ0v) is 15.1. The van der Waals surface area contributed by atoms with Gasteiger partial charge in [-0.15, -0.1) is 11.3 Å². The van der Waals surface area contributed by atoms with Crippen LogP contribution in [0.1, 0.15) is 38.5 Å². The first kappa shape index (κ1) is 18.3. The predicted octanol–water partition coefficient (Wildman–Crippen LogP) is 3.67. The van der Waals surface area contributed by atoms with Gasteiger partial charge in [0.25, 0.3) is 0 Å². The zero-order valence-electron chi connectivity index (χ0n) is 14.3. The van der Waals surface area contributed by atoms with Crippen molar-refractivity contribution < 1.29 is 9.53 Å². The van der Waals surface area contributed by atoms with E-state index in [4.69, 9.17) is 10.5 Å². The molecule has 0 unspecified atom stereocenters. The topological polar surface area (TPSA) is 78.1 Å². The molecule has 0 aromatic carbocycles. The van der Waals surface area contributed by atoms with Crippen LogP contribution in [0, 0.1) is 0 Å². The van der Waals surface area contributed by atoms with Crippen molar-refractivity contribution in [1.82, 2.24) is 9.97 Å². The summed E-state index contributed by atoms with van der Waals surface area (Å²) in [5.41, 5.74) is 6.27. The number of rotatable bonds is 6. The van der Waals surface area contributed by atoms with Gasteiger partial charge in [-0.05, 0) is 51.0 Å². The molecule has 2 rings (SSSR count). The molecule has 2 heterocycles. The van der Waals surface area contributed by atoms with Crippen LogP contribution in [0.2, 0.25) is 0 Å². The first-order valence-electron chi connectivity index (χ1n) is 7.87. The zero-order chi connectivity index (χ0) is 17.6. The van der Waals surface area contributed by atoms with Gasteiger partial charge in [-0.1, -0.05) is 6.08 Å². The molecule has 0 aliphatic rings. The van der Waals surface area contributed by atoms with Gasteiger partial charge < -0.3 is 10.5 Å². The van der Waals surface area contributed by atoms with E-state index < -0.39 is 5.60 Å². The highest BCUT2D eigenvalue weighted by atomic mass is 32.1. The lowest BCUT2D eigenvalue weighted by Gasteiger charge is -2.19. The maximum Gasteiger partial charge on any atom is 0.306 e. The van der Waals surface area contributed by atoms with Crippen molar-refractivity contribution in [3.05, 3.63) is 41.5 Å².